The van der Waals surface area contributed by atoms with Crippen molar-refractivity contribution < 1.29 is 19.4 Å². The molecule has 0 radical (unpaired) electrons. The van der Waals surface area contributed by atoms with Crippen LogP contribution in [0.3, 0.4) is 0 Å². The average Bonchev–Trinajstić information content (AvgIpc) is 3.30. The number of aromatic nitrogens is 4. The van der Waals surface area contributed by atoms with Gasteiger partial charge in [0, 0.05) is 37.0 Å². The number of aryl methyl sites for hydroxylation is 1. The van der Waals surface area contributed by atoms with E-state index in [0.717, 1.165) is 5.56 Å². The first kappa shape index (κ1) is 25.0. The van der Waals surface area contributed by atoms with Crippen LogP contribution in [0.25, 0.3) is 16.6 Å². The Morgan fingerprint density at radius 1 is 0.897 bits per heavy atom. The van der Waals surface area contributed by atoms with Crippen molar-refractivity contribution in [3.05, 3.63) is 84.7 Å². The van der Waals surface area contributed by atoms with E-state index < -0.39 is 12.1 Å². The van der Waals surface area contributed by atoms with Crippen molar-refractivity contribution in [2.45, 2.75) is 6.92 Å². The van der Waals surface area contributed by atoms with Gasteiger partial charge >= 0.3 is 12.1 Å². The van der Waals surface area contributed by atoms with E-state index in [1.54, 1.807) is 36.5 Å². The van der Waals surface area contributed by atoms with Crippen LogP contribution >= 0.6 is 0 Å². The van der Waals surface area contributed by atoms with Gasteiger partial charge in [-0.15, -0.1) is 5.10 Å². The molecule has 0 saturated carbocycles. The Kier molecular flexibility index (Phi) is 6.90. The van der Waals surface area contributed by atoms with Crippen LogP contribution < -0.4 is 26.0 Å². The summed E-state index contributed by atoms with van der Waals surface area (Å²) in [6.45, 7) is 1.96. The quantitative estimate of drug-likeness (QED) is 0.209. The summed E-state index contributed by atoms with van der Waals surface area (Å²) < 4.78 is 7.49. The summed E-state index contributed by atoms with van der Waals surface area (Å²) in [5.41, 5.74) is 2.68. The van der Waals surface area contributed by atoms with Crippen LogP contribution in [-0.4, -0.2) is 44.0 Å². The van der Waals surface area contributed by atoms with E-state index in [9.17, 15) is 14.7 Å². The van der Waals surface area contributed by atoms with Gasteiger partial charge in [0.2, 0.25) is 5.88 Å². The van der Waals surface area contributed by atoms with Crippen molar-refractivity contribution >= 4 is 40.3 Å². The number of hydrogen-bond donors (Lipinski definition) is 5. The third kappa shape index (κ3) is 5.69. The van der Waals surface area contributed by atoms with Gasteiger partial charge in [-0.1, -0.05) is 17.7 Å². The third-order valence-electron chi connectivity index (χ3n) is 5.62. The zero-order valence-electron chi connectivity index (χ0n) is 21.0. The monoisotopic (exact) mass is 524 g/mol. The van der Waals surface area contributed by atoms with Crippen LogP contribution in [0.15, 0.2) is 79.1 Å². The van der Waals surface area contributed by atoms with Crippen molar-refractivity contribution in [2.75, 3.05) is 23.0 Å². The van der Waals surface area contributed by atoms with Crippen LogP contribution in [0.4, 0.5) is 26.9 Å². The lowest BCUT2D eigenvalue weighted by molar-refractivity contribution is 0.254. The SMILES string of the molecule is CNC(=O)Nc1cc(Oc2ccc(NC(=O)Nc3cc(O)nn3-c3ccc(C)cc3)c3ncccc23)ccn1. The lowest BCUT2D eigenvalue weighted by Gasteiger charge is -2.14. The van der Waals surface area contributed by atoms with Gasteiger partial charge in [-0.2, -0.15) is 0 Å². The number of aromatic hydroxyl groups is 1. The van der Waals surface area contributed by atoms with Gasteiger partial charge in [0.1, 0.15) is 23.1 Å². The molecular weight excluding hydrogens is 500 g/mol. The number of rotatable bonds is 6. The van der Waals surface area contributed by atoms with Crippen molar-refractivity contribution in [3.8, 4) is 23.1 Å². The molecule has 5 aromatic rings. The molecule has 3 heterocycles. The molecule has 0 saturated heterocycles. The van der Waals surface area contributed by atoms with Crippen LogP contribution in [0.5, 0.6) is 17.4 Å². The molecule has 5 rings (SSSR count). The molecule has 0 spiro atoms. The van der Waals surface area contributed by atoms with E-state index in [1.807, 2.05) is 37.3 Å². The largest absolute Gasteiger partial charge is 0.492 e. The molecule has 0 unspecified atom stereocenters. The van der Waals surface area contributed by atoms with Crippen LogP contribution in [0, 0.1) is 6.92 Å². The Hall–Kier alpha value is -5.65. The second kappa shape index (κ2) is 10.8. The zero-order valence-corrected chi connectivity index (χ0v) is 21.0. The Bertz CT molecular complexity index is 1670. The number of nitrogens with zero attached hydrogens (tertiary/aromatic N) is 4. The highest BCUT2D eigenvalue weighted by Crippen LogP contribution is 2.34. The van der Waals surface area contributed by atoms with Gasteiger partial charge in [0.05, 0.1) is 16.9 Å². The normalized spacial score (nSPS) is 10.6. The minimum absolute atomic E-state index is 0.232. The van der Waals surface area contributed by atoms with Crippen molar-refractivity contribution in [1.82, 2.24) is 25.1 Å². The summed E-state index contributed by atoms with van der Waals surface area (Å²) in [4.78, 5) is 33.1. The lowest BCUT2D eigenvalue weighted by atomic mass is 10.1. The van der Waals surface area contributed by atoms with Crippen molar-refractivity contribution in [2.24, 2.45) is 0 Å². The molecule has 3 aromatic heterocycles. The maximum atomic E-state index is 12.9. The highest BCUT2D eigenvalue weighted by Gasteiger charge is 2.15. The van der Waals surface area contributed by atoms with Gasteiger partial charge in [-0.25, -0.2) is 19.3 Å². The van der Waals surface area contributed by atoms with E-state index in [4.69, 9.17) is 4.74 Å². The first-order valence-electron chi connectivity index (χ1n) is 11.8. The second-order valence-electron chi connectivity index (χ2n) is 8.41. The lowest BCUT2D eigenvalue weighted by Crippen LogP contribution is -2.24. The highest BCUT2D eigenvalue weighted by molar-refractivity contribution is 6.06. The Morgan fingerprint density at radius 2 is 1.72 bits per heavy atom. The summed E-state index contributed by atoms with van der Waals surface area (Å²) in [5, 5.41) is 25.3. The molecule has 0 bridgehead atoms. The smallest absolute Gasteiger partial charge is 0.324 e. The predicted molar refractivity (Wildman–Crippen MR) is 147 cm³/mol. The summed E-state index contributed by atoms with van der Waals surface area (Å²) in [6, 6.07) is 18.1. The molecule has 39 heavy (non-hydrogen) atoms. The number of anilines is 3. The van der Waals surface area contributed by atoms with E-state index in [1.165, 1.54) is 24.0 Å². The van der Waals surface area contributed by atoms with Gasteiger partial charge in [0.25, 0.3) is 0 Å². The van der Waals surface area contributed by atoms with Gasteiger partial charge < -0.3 is 20.5 Å². The highest BCUT2D eigenvalue weighted by atomic mass is 16.5. The minimum Gasteiger partial charge on any atom is -0.492 e. The maximum Gasteiger partial charge on any atom is 0.324 e. The number of carbonyl (C=O) groups excluding carboxylic acids is 2. The number of amides is 4. The molecule has 12 heteroatoms. The number of ether oxygens (including phenoxy) is 1. The molecule has 2 aromatic carbocycles. The first-order valence-corrected chi connectivity index (χ1v) is 11.8. The van der Waals surface area contributed by atoms with E-state index in [2.05, 4.69) is 36.3 Å². The minimum atomic E-state index is -0.553. The molecule has 0 aliphatic heterocycles. The van der Waals surface area contributed by atoms with E-state index in [-0.39, 0.29) is 11.7 Å². The number of nitrogens with one attached hydrogen (secondary N) is 4. The fourth-order valence-corrected chi connectivity index (χ4v) is 3.80. The maximum absolute atomic E-state index is 12.9. The summed E-state index contributed by atoms with van der Waals surface area (Å²) in [7, 11) is 1.51. The number of fused-ring (bicyclic) bond motifs is 1. The Balaban J connectivity index is 1.37. The van der Waals surface area contributed by atoms with Gasteiger partial charge in [-0.05, 0) is 49.4 Å². The molecule has 0 fully saturated rings. The molecule has 0 atom stereocenters. The van der Waals surface area contributed by atoms with E-state index >= 15 is 0 Å². The molecule has 4 amide bonds. The van der Waals surface area contributed by atoms with Gasteiger partial charge in [0.15, 0.2) is 0 Å². The van der Waals surface area contributed by atoms with Crippen molar-refractivity contribution in [3.63, 3.8) is 0 Å². The number of urea groups is 2. The molecule has 0 aliphatic rings. The van der Waals surface area contributed by atoms with Gasteiger partial charge in [-0.3, -0.25) is 15.6 Å². The standard InChI is InChI=1S/C27H24N8O4/c1-16-5-7-17(8-6-16)35-23(15-24(36)34-35)33-27(38)31-20-9-10-21(19-4-3-12-30-25(19)20)39-18-11-13-29-22(14-18)32-26(37)28-2/h3-15H,1-2H3,(H,34,36)(H2,31,33,38)(H2,28,29,32,37). The Labute approximate surface area is 222 Å². The predicted octanol–water partition coefficient (Wildman–Crippen LogP) is 5.02. The summed E-state index contributed by atoms with van der Waals surface area (Å²) >= 11 is 0. The molecule has 196 valence electrons. The van der Waals surface area contributed by atoms with E-state index in [0.29, 0.717) is 39.6 Å². The Morgan fingerprint density at radius 3 is 2.51 bits per heavy atom. The molecule has 12 nitrogen and oxygen atoms in total. The molecular formula is C27H24N8O4. The summed E-state index contributed by atoms with van der Waals surface area (Å²) in [5.74, 6) is 1.31. The first-order chi connectivity index (χ1) is 18.9. The fourth-order valence-electron chi connectivity index (χ4n) is 3.80. The number of carbonyl (C=O) groups is 2. The average molecular weight is 525 g/mol. The number of benzene rings is 2. The molecule has 5 N–H and O–H groups in total. The second-order valence-corrected chi connectivity index (χ2v) is 8.41. The number of pyridine rings is 2. The topological polar surface area (TPSA) is 155 Å². The van der Waals surface area contributed by atoms with Crippen LogP contribution in [-0.2, 0) is 0 Å². The molecule has 0 aliphatic carbocycles. The van der Waals surface area contributed by atoms with Crippen LogP contribution in [0.1, 0.15) is 5.56 Å². The van der Waals surface area contributed by atoms with Crippen molar-refractivity contribution in [1.29, 1.82) is 0 Å². The fraction of sp³-hybridized carbons (Fsp3) is 0.0741. The van der Waals surface area contributed by atoms with Crippen LogP contribution in [0.2, 0.25) is 0 Å². The third-order valence-corrected chi connectivity index (χ3v) is 5.62. The number of hydrogen-bond acceptors (Lipinski definition) is 7. The zero-order chi connectivity index (χ0) is 27.4. The summed E-state index contributed by atoms with van der Waals surface area (Å²) in [6.07, 6.45) is 3.12.